The zero-order valence-electron chi connectivity index (χ0n) is 16.2. The number of pyridine rings is 1. The van der Waals surface area contributed by atoms with Crippen LogP contribution >= 0.6 is 23.2 Å². The van der Waals surface area contributed by atoms with E-state index in [1.54, 1.807) is 12.1 Å². The second-order valence-corrected chi connectivity index (χ2v) is 7.48. The monoisotopic (exact) mass is 417 g/mol. The topological polar surface area (TPSA) is 48.4 Å². The van der Waals surface area contributed by atoms with Crippen LogP contribution in [0.4, 0.5) is 0 Å². The molecule has 4 nitrogen and oxygen atoms in total. The second-order valence-electron chi connectivity index (χ2n) is 6.64. The number of fused-ring (bicyclic) bond motifs is 1. The van der Waals surface area contributed by atoms with Gasteiger partial charge in [-0.05, 0) is 42.7 Å². The number of methoxy groups -OCH3 is 1. The van der Waals surface area contributed by atoms with Gasteiger partial charge in [0, 0.05) is 16.0 Å². The largest absolute Gasteiger partial charge is 0.494 e. The number of nitrogens with zero attached hydrogens (tertiary/aromatic N) is 1. The van der Waals surface area contributed by atoms with E-state index < -0.39 is 5.97 Å². The maximum absolute atomic E-state index is 12.8. The quantitative estimate of drug-likeness (QED) is 0.443. The molecule has 0 atom stereocenters. The predicted molar refractivity (Wildman–Crippen MR) is 114 cm³/mol. The lowest BCUT2D eigenvalue weighted by Gasteiger charge is -2.19. The first-order chi connectivity index (χ1) is 13.4. The average Bonchev–Trinajstić information content (AvgIpc) is 2.66. The van der Waals surface area contributed by atoms with Crippen molar-refractivity contribution in [3.8, 4) is 16.9 Å². The lowest BCUT2D eigenvalue weighted by molar-refractivity contribution is 0.0599. The van der Waals surface area contributed by atoms with Gasteiger partial charge in [-0.25, -0.2) is 4.79 Å². The molecule has 0 bridgehead atoms. The minimum absolute atomic E-state index is 0.0148. The van der Waals surface area contributed by atoms with Crippen LogP contribution in [-0.4, -0.2) is 24.7 Å². The summed E-state index contributed by atoms with van der Waals surface area (Å²) in [6, 6.07) is 11.0. The third kappa shape index (κ3) is 3.80. The molecule has 0 radical (unpaired) electrons. The first-order valence-corrected chi connectivity index (χ1v) is 9.77. The predicted octanol–water partition coefficient (Wildman–Crippen LogP) is 6.52. The molecule has 0 aliphatic rings. The van der Waals surface area contributed by atoms with Crippen molar-refractivity contribution < 1.29 is 14.3 Å². The summed E-state index contributed by atoms with van der Waals surface area (Å²) in [5.41, 5.74) is 3.13. The van der Waals surface area contributed by atoms with Crippen molar-refractivity contribution in [1.82, 2.24) is 4.98 Å². The fourth-order valence-corrected chi connectivity index (χ4v) is 3.78. The molecule has 0 saturated heterocycles. The van der Waals surface area contributed by atoms with Crippen LogP contribution in [0.25, 0.3) is 22.0 Å². The van der Waals surface area contributed by atoms with Gasteiger partial charge in [0.05, 0.1) is 35.5 Å². The Morgan fingerprint density at radius 1 is 1.18 bits per heavy atom. The van der Waals surface area contributed by atoms with Crippen LogP contribution in [0.3, 0.4) is 0 Å². The zero-order chi connectivity index (χ0) is 20.4. The van der Waals surface area contributed by atoms with E-state index in [1.165, 1.54) is 7.11 Å². The first-order valence-electron chi connectivity index (χ1n) is 9.01. The highest BCUT2D eigenvalue weighted by molar-refractivity contribution is 6.39. The van der Waals surface area contributed by atoms with Gasteiger partial charge in [0.25, 0.3) is 0 Å². The number of hydrogen-bond donors (Lipinski definition) is 0. The molecule has 0 fully saturated rings. The number of ether oxygens (including phenoxy) is 2. The molecule has 3 rings (SSSR count). The van der Waals surface area contributed by atoms with Gasteiger partial charge in [-0.3, -0.25) is 4.98 Å². The third-order valence-corrected chi connectivity index (χ3v) is 4.91. The van der Waals surface area contributed by atoms with E-state index in [4.69, 9.17) is 37.7 Å². The van der Waals surface area contributed by atoms with Crippen molar-refractivity contribution in [2.75, 3.05) is 13.7 Å². The van der Waals surface area contributed by atoms with E-state index in [1.807, 2.05) is 45.0 Å². The van der Waals surface area contributed by atoms with Gasteiger partial charge in [-0.1, -0.05) is 49.2 Å². The Balaban J connectivity index is 2.49. The molecule has 0 saturated carbocycles. The van der Waals surface area contributed by atoms with E-state index in [0.717, 1.165) is 5.56 Å². The number of esters is 1. The molecule has 0 amide bonds. The van der Waals surface area contributed by atoms with Gasteiger partial charge in [0.1, 0.15) is 5.75 Å². The van der Waals surface area contributed by atoms with Crippen LogP contribution in [0.15, 0.2) is 36.4 Å². The normalized spacial score (nSPS) is 11.1. The minimum Gasteiger partial charge on any atom is -0.494 e. The Morgan fingerprint density at radius 2 is 1.93 bits per heavy atom. The molecule has 6 heteroatoms. The molecule has 0 aliphatic heterocycles. The highest BCUT2D eigenvalue weighted by Gasteiger charge is 2.25. The van der Waals surface area contributed by atoms with Crippen molar-refractivity contribution in [2.24, 2.45) is 0 Å². The maximum atomic E-state index is 12.8. The van der Waals surface area contributed by atoms with Crippen LogP contribution in [0.1, 0.15) is 42.7 Å². The Hall–Kier alpha value is -2.30. The number of carbonyl (C=O) groups excluding carboxylic acids is 1. The average molecular weight is 418 g/mol. The SMILES string of the molecule is CCOc1cccc(-c2c(C(=O)OC)c(C(C)C)nc3c(Cl)cc(Cl)cc23)c1. The third-order valence-electron chi connectivity index (χ3n) is 4.41. The van der Waals surface area contributed by atoms with Crippen LogP contribution in [0.5, 0.6) is 5.75 Å². The minimum atomic E-state index is -0.453. The number of carbonyl (C=O) groups is 1. The van der Waals surface area contributed by atoms with E-state index in [0.29, 0.717) is 50.1 Å². The molecular weight excluding hydrogens is 397 g/mol. The van der Waals surface area contributed by atoms with E-state index >= 15 is 0 Å². The molecular formula is C22H21Cl2NO3. The summed E-state index contributed by atoms with van der Waals surface area (Å²) >= 11 is 12.7. The van der Waals surface area contributed by atoms with E-state index in [9.17, 15) is 4.79 Å². The molecule has 0 unspecified atom stereocenters. The molecule has 146 valence electrons. The summed E-state index contributed by atoms with van der Waals surface area (Å²) in [5.74, 6) is 0.241. The van der Waals surface area contributed by atoms with Crippen LogP contribution in [0, 0.1) is 0 Å². The summed E-state index contributed by atoms with van der Waals surface area (Å²) in [5, 5.41) is 1.59. The number of rotatable bonds is 5. The summed E-state index contributed by atoms with van der Waals surface area (Å²) in [7, 11) is 1.36. The molecule has 2 aromatic carbocycles. The van der Waals surface area contributed by atoms with Gasteiger partial charge in [0.2, 0.25) is 0 Å². The molecule has 0 spiro atoms. The molecule has 1 heterocycles. The molecule has 0 N–H and O–H groups in total. The zero-order valence-corrected chi connectivity index (χ0v) is 17.7. The molecule has 1 aromatic heterocycles. The number of halogens is 2. The first kappa shape index (κ1) is 20.4. The van der Waals surface area contributed by atoms with Crippen molar-refractivity contribution in [3.05, 3.63) is 57.7 Å². The second kappa shape index (κ2) is 8.38. The summed E-state index contributed by atoms with van der Waals surface area (Å²) in [6.07, 6.45) is 0. The van der Waals surface area contributed by atoms with Crippen LogP contribution in [0.2, 0.25) is 10.0 Å². The van der Waals surface area contributed by atoms with Crippen molar-refractivity contribution in [2.45, 2.75) is 26.7 Å². The lowest BCUT2D eigenvalue weighted by atomic mass is 9.91. The molecule has 28 heavy (non-hydrogen) atoms. The Kier molecular flexibility index (Phi) is 6.11. The molecule has 3 aromatic rings. The summed E-state index contributed by atoms with van der Waals surface area (Å²) in [4.78, 5) is 17.5. The van der Waals surface area contributed by atoms with Crippen LogP contribution < -0.4 is 4.74 Å². The van der Waals surface area contributed by atoms with Crippen molar-refractivity contribution in [1.29, 1.82) is 0 Å². The van der Waals surface area contributed by atoms with Gasteiger partial charge in [-0.15, -0.1) is 0 Å². The smallest absolute Gasteiger partial charge is 0.340 e. The van der Waals surface area contributed by atoms with Crippen molar-refractivity contribution >= 4 is 40.1 Å². The van der Waals surface area contributed by atoms with Gasteiger partial charge in [-0.2, -0.15) is 0 Å². The van der Waals surface area contributed by atoms with Gasteiger partial charge >= 0.3 is 5.97 Å². The van der Waals surface area contributed by atoms with Gasteiger partial charge in [0.15, 0.2) is 0 Å². The number of aromatic nitrogens is 1. The van der Waals surface area contributed by atoms with E-state index in [-0.39, 0.29) is 5.92 Å². The maximum Gasteiger partial charge on any atom is 0.340 e. The highest BCUT2D eigenvalue weighted by atomic mass is 35.5. The Morgan fingerprint density at radius 3 is 2.57 bits per heavy atom. The van der Waals surface area contributed by atoms with Crippen molar-refractivity contribution in [3.63, 3.8) is 0 Å². The standard InChI is InChI=1S/C22H21Cl2NO3/c1-5-28-15-8-6-7-13(9-15)18-16-10-14(23)11-17(24)21(16)25-20(12(2)3)19(18)22(26)27-4/h6-12H,5H2,1-4H3. The highest BCUT2D eigenvalue weighted by Crippen LogP contribution is 2.40. The summed E-state index contributed by atoms with van der Waals surface area (Å²) in [6.45, 7) is 6.42. The van der Waals surface area contributed by atoms with Crippen LogP contribution in [-0.2, 0) is 4.74 Å². The molecule has 0 aliphatic carbocycles. The lowest BCUT2D eigenvalue weighted by Crippen LogP contribution is -2.12. The summed E-state index contributed by atoms with van der Waals surface area (Å²) < 4.78 is 10.7. The fraction of sp³-hybridized carbons (Fsp3) is 0.273. The fourth-order valence-electron chi connectivity index (χ4n) is 3.24. The Bertz CT molecular complexity index is 1050. The van der Waals surface area contributed by atoms with E-state index in [2.05, 4.69) is 0 Å². The Labute approximate surface area is 174 Å². The van der Waals surface area contributed by atoms with Gasteiger partial charge < -0.3 is 9.47 Å². The number of hydrogen-bond acceptors (Lipinski definition) is 4. The number of benzene rings is 2.